The molecular formula is C15H17NO3. The van der Waals surface area contributed by atoms with E-state index in [-0.39, 0.29) is 5.56 Å². The van der Waals surface area contributed by atoms with Gasteiger partial charge in [-0.25, -0.2) is 0 Å². The van der Waals surface area contributed by atoms with Crippen molar-refractivity contribution < 1.29 is 9.47 Å². The van der Waals surface area contributed by atoms with Gasteiger partial charge in [-0.1, -0.05) is 6.08 Å². The lowest BCUT2D eigenvalue weighted by Gasteiger charge is -2.12. The molecule has 0 amide bonds. The van der Waals surface area contributed by atoms with Crippen LogP contribution in [-0.4, -0.2) is 19.2 Å². The highest BCUT2D eigenvalue weighted by molar-refractivity contribution is 5.92. The zero-order valence-electron chi connectivity index (χ0n) is 11.2. The Kier molecular flexibility index (Phi) is 3.90. The number of pyridine rings is 1. The van der Waals surface area contributed by atoms with Gasteiger partial charge in [-0.2, -0.15) is 0 Å². The summed E-state index contributed by atoms with van der Waals surface area (Å²) in [5.74, 6) is 1.36. The first-order chi connectivity index (χ1) is 9.21. The number of benzene rings is 1. The van der Waals surface area contributed by atoms with E-state index in [0.717, 1.165) is 29.5 Å². The minimum atomic E-state index is -0.141. The highest BCUT2D eigenvalue weighted by atomic mass is 16.5. The largest absolute Gasteiger partial charge is 0.496 e. The molecule has 0 aliphatic heterocycles. The predicted octanol–water partition coefficient (Wildman–Crippen LogP) is 2.66. The minimum absolute atomic E-state index is 0.141. The maximum Gasteiger partial charge on any atom is 0.248 e. The molecule has 2 rings (SSSR count). The Bertz CT molecular complexity index is 658. The number of hydrogen-bond donors (Lipinski definition) is 1. The summed E-state index contributed by atoms with van der Waals surface area (Å²) in [5.41, 5.74) is 1.47. The van der Waals surface area contributed by atoms with Gasteiger partial charge in [0.15, 0.2) is 0 Å². The molecule has 0 saturated heterocycles. The molecule has 0 saturated carbocycles. The molecule has 100 valence electrons. The Hall–Kier alpha value is -2.23. The van der Waals surface area contributed by atoms with Crippen LogP contribution in [0.4, 0.5) is 0 Å². The van der Waals surface area contributed by atoms with Gasteiger partial charge in [-0.05, 0) is 30.5 Å². The Labute approximate surface area is 111 Å². The summed E-state index contributed by atoms with van der Waals surface area (Å²) in [6.07, 6.45) is 3.38. The normalized spacial score (nSPS) is 10.4. The van der Waals surface area contributed by atoms with Crippen LogP contribution >= 0.6 is 0 Å². The molecule has 0 fully saturated rings. The lowest BCUT2D eigenvalue weighted by Crippen LogP contribution is -2.08. The van der Waals surface area contributed by atoms with Crippen LogP contribution in [0.3, 0.4) is 0 Å². The van der Waals surface area contributed by atoms with E-state index in [1.54, 1.807) is 26.4 Å². The second kappa shape index (κ2) is 5.61. The van der Waals surface area contributed by atoms with Gasteiger partial charge in [0.05, 0.1) is 19.7 Å². The lowest BCUT2D eigenvalue weighted by molar-refractivity contribution is 0.409. The van der Waals surface area contributed by atoms with Crippen molar-refractivity contribution in [2.75, 3.05) is 14.2 Å². The van der Waals surface area contributed by atoms with Crippen molar-refractivity contribution >= 4 is 10.9 Å². The summed E-state index contributed by atoms with van der Waals surface area (Å²) < 4.78 is 10.7. The first-order valence-electron chi connectivity index (χ1n) is 6.09. The average Bonchev–Trinajstić information content (AvgIpc) is 2.43. The Morgan fingerprint density at radius 3 is 2.58 bits per heavy atom. The fourth-order valence-corrected chi connectivity index (χ4v) is 2.19. The molecular weight excluding hydrogens is 242 g/mol. The average molecular weight is 259 g/mol. The molecule has 1 heterocycles. The fourth-order valence-electron chi connectivity index (χ4n) is 2.19. The molecule has 19 heavy (non-hydrogen) atoms. The van der Waals surface area contributed by atoms with Gasteiger partial charge >= 0.3 is 0 Å². The van der Waals surface area contributed by atoms with Crippen LogP contribution in [0.2, 0.25) is 0 Å². The van der Waals surface area contributed by atoms with E-state index in [1.807, 2.05) is 12.1 Å². The summed E-state index contributed by atoms with van der Waals surface area (Å²) in [6.45, 7) is 3.71. The van der Waals surface area contributed by atoms with Gasteiger partial charge in [-0.15, -0.1) is 6.58 Å². The predicted molar refractivity (Wildman–Crippen MR) is 76.2 cm³/mol. The maximum atomic E-state index is 11.8. The Balaban J connectivity index is 2.78. The number of H-pyrrole nitrogens is 1. The smallest absolute Gasteiger partial charge is 0.248 e. The van der Waals surface area contributed by atoms with Crippen LogP contribution in [0, 0.1) is 0 Å². The first-order valence-corrected chi connectivity index (χ1v) is 6.09. The van der Waals surface area contributed by atoms with Crippen LogP contribution in [0.15, 0.2) is 35.6 Å². The summed E-state index contributed by atoms with van der Waals surface area (Å²) >= 11 is 0. The van der Waals surface area contributed by atoms with Gasteiger partial charge in [0.1, 0.15) is 11.5 Å². The second-order valence-electron chi connectivity index (χ2n) is 4.21. The molecule has 0 aliphatic carbocycles. The van der Waals surface area contributed by atoms with Crippen molar-refractivity contribution in [2.24, 2.45) is 0 Å². The van der Waals surface area contributed by atoms with Crippen LogP contribution in [0.25, 0.3) is 10.9 Å². The molecule has 4 nitrogen and oxygen atoms in total. The van der Waals surface area contributed by atoms with Gasteiger partial charge in [0.2, 0.25) is 5.56 Å². The van der Waals surface area contributed by atoms with Crippen LogP contribution < -0.4 is 15.0 Å². The molecule has 4 heteroatoms. The minimum Gasteiger partial charge on any atom is -0.496 e. The van der Waals surface area contributed by atoms with Crippen molar-refractivity contribution in [3.63, 3.8) is 0 Å². The van der Waals surface area contributed by atoms with Crippen LogP contribution in [0.5, 0.6) is 11.5 Å². The lowest BCUT2D eigenvalue weighted by atomic mass is 10.0. The molecule has 0 unspecified atom stereocenters. The first kappa shape index (κ1) is 13.2. The van der Waals surface area contributed by atoms with E-state index >= 15 is 0 Å². The van der Waals surface area contributed by atoms with E-state index in [1.165, 1.54) is 0 Å². The molecule has 0 atom stereocenters. The zero-order valence-corrected chi connectivity index (χ0v) is 11.2. The number of aromatic amines is 1. The quantitative estimate of drug-likeness (QED) is 0.840. The molecule has 1 N–H and O–H groups in total. The van der Waals surface area contributed by atoms with Crippen molar-refractivity contribution in [3.05, 3.63) is 46.8 Å². The summed E-state index contributed by atoms with van der Waals surface area (Å²) in [5, 5.41) is 0.892. The van der Waals surface area contributed by atoms with Gasteiger partial charge in [0, 0.05) is 11.5 Å². The third kappa shape index (κ3) is 2.47. The topological polar surface area (TPSA) is 51.3 Å². The Morgan fingerprint density at radius 2 is 1.95 bits per heavy atom. The standard InChI is InChI=1S/C15H17NO3/c1-4-5-6-10-9-13(17)16-15-12(19-3)8-7-11(18-2)14(10)15/h4,7-9H,1,5-6H2,2-3H3,(H,16,17). The third-order valence-electron chi connectivity index (χ3n) is 3.06. The molecule has 1 aromatic heterocycles. The van der Waals surface area contributed by atoms with Crippen molar-refractivity contribution in [1.29, 1.82) is 0 Å². The number of aromatic nitrogens is 1. The molecule has 0 aliphatic rings. The van der Waals surface area contributed by atoms with Crippen LogP contribution in [-0.2, 0) is 6.42 Å². The van der Waals surface area contributed by atoms with Gasteiger partial charge in [0.25, 0.3) is 0 Å². The number of methoxy groups -OCH3 is 2. The Morgan fingerprint density at radius 1 is 1.26 bits per heavy atom. The molecule has 0 bridgehead atoms. The number of ether oxygens (including phenoxy) is 2. The monoisotopic (exact) mass is 259 g/mol. The van der Waals surface area contributed by atoms with Crippen molar-refractivity contribution in [3.8, 4) is 11.5 Å². The summed E-state index contributed by atoms with van der Waals surface area (Å²) in [4.78, 5) is 14.6. The number of aryl methyl sites for hydroxylation is 1. The highest BCUT2D eigenvalue weighted by Crippen LogP contribution is 2.33. The number of fused-ring (bicyclic) bond motifs is 1. The van der Waals surface area contributed by atoms with E-state index in [2.05, 4.69) is 11.6 Å². The van der Waals surface area contributed by atoms with Crippen molar-refractivity contribution in [1.82, 2.24) is 4.98 Å². The van der Waals surface area contributed by atoms with E-state index in [0.29, 0.717) is 11.3 Å². The number of rotatable bonds is 5. The molecule has 0 spiro atoms. The summed E-state index contributed by atoms with van der Waals surface area (Å²) in [6, 6.07) is 5.24. The van der Waals surface area contributed by atoms with Gasteiger partial charge < -0.3 is 14.5 Å². The molecule has 2 aromatic rings. The number of allylic oxidation sites excluding steroid dienone is 1. The zero-order chi connectivity index (χ0) is 13.8. The SMILES string of the molecule is C=CCCc1cc(=O)[nH]c2c(OC)ccc(OC)c12. The number of hydrogen-bond acceptors (Lipinski definition) is 3. The molecule has 1 aromatic carbocycles. The third-order valence-corrected chi connectivity index (χ3v) is 3.06. The van der Waals surface area contributed by atoms with Crippen LogP contribution in [0.1, 0.15) is 12.0 Å². The second-order valence-corrected chi connectivity index (χ2v) is 4.21. The van der Waals surface area contributed by atoms with Gasteiger partial charge in [-0.3, -0.25) is 4.79 Å². The van der Waals surface area contributed by atoms with E-state index < -0.39 is 0 Å². The maximum absolute atomic E-state index is 11.8. The summed E-state index contributed by atoms with van der Waals surface area (Å²) in [7, 11) is 3.19. The number of nitrogens with one attached hydrogen (secondary N) is 1. The van der Waals surface area contributed by atoms with E-state index in [4.69, 9.17) is 9.47 Å². The fraction of sp³-hybridized carbons (Fsp3) is 0.267. The molecule has 0 radical (unpaired) electrons. The van der Waals surface area contributed by atoms with Crippen molar-refractivity contribution in [2.45, 2.75) is 12.8 Å². The highest BCUT2D eigenvalue weighted by Gasteiger charge is 2.12. The van der Waals surface area contributed by atoms with E-state index in [9.17, 15) is 4.79 Å².